The molecule has 2 heterocycles. The van der Waals surface area contributed by atoms with Crippen LogP contribution in [0.2, 0.25) is 0 Å². The lowest BCUT2D eigenvalue weighted by atomic mass is 9.87. The Labute approximate surface area is 142 Å². The van der Waals surface area contributed by atoms with Crippen LogP contribution in [0.5, 0.6) is 11.5 Å². The van der Waals surface area contributed by atoms with Crippen LogP contribution < -0.4 is 14.8 Å². The Balaban J connectivity index is 1.92. The first-order chi connectivity index (χ1) is 11.6. The molecule has 0 aromatic heterocycles. The molecule has 1 unspecified atom stereocenters. The summed E-state index contributed by atoms with van der Waals surface area (Å²) in [7, 11) is 1.29. The van der Waals surface area contributed by atoms with Gasteiger partial charge in [0.25, 0.3) is 0 Å². The Kier molecular flexibility index (Phi) is 4.62. The minimum atomic E-state index is -0.427. The van der Waals surface area contributed by atoms with Crippen LogP contribution in [0.1, 0.15) is 17.9 Å². The minimum Gasteiger partial charge on any atom is -0.468 e. The lowest BCUT2D eigenvalue weighted by Crippen LogP contribution is -2.31. The van der Waals surface area contributed by atoms with Crippen molar-refractivity contribution in [2.24, 2.45) is 0 Å². The monoisotopic (exact) mass is 346 g/mol. The first-order valence-electron chi connectivity index (χ1n) is 7.15. The van der Waals surface area contributed by atoms with Crippen molar-refractivity contribution in [2.75, 3.05) is 19.7 Å². The number of methoxy groups -OCH3 is 1. The Bertz CT molecular complexity index is 768. The molecule has 1 aromatic carbocycles. The van der Waals surface area contributed by atoms with E-state index in [-0.39, 0.29) is 24.9 Å². The van der Waals surface area contributed by atoms with Crippen LogP contribution in [0.4, 0.5) is 0 Å². The van der Waals surface area contributed by atoms with Crippen molar-refractivity contribution in [2.45, 2.75) is 12.3 Å². The number of allylic oxidation sites excluding steroid dienone is 1. The van der Waals surface area contributed by atoms with Crippen molar-refractivity contribution in [1.29, 1.82) is 5.26 Å². The van der Waals surface area contributed by atoms with E-state index in [0.717, 1.165) is 17.3 Å². The first-order valence-corrected chi connectivity index (χ1v) is 8.14. The number of thioether (sulfide) groups is 1. The van der Waals surface area contributed by atoms with Crippen LogP contribution in [-0.4, -0.2) is 31.5 Å². The quantitative estimate of drug-likeness (QED) is 0.828. The van der Waals surface area contributed by atoms with E-state index >= 15 is 0 Å². The summed E-state index contributed by atoms with van der Waals surface area (Å²) in [5, 5.41) is 12.6. The van der Waals surface area contributed by atoms with Gasteiger partial charge in [0.2, 0.25) is 12.7 Å². The largest absolute Gasteiger partial charge is 0.468 e. The van der Waals surface area contributed by atoms with E-state index < -0.39 is 11.9 Å². The lowest BCUT2D eigenvalue weighted by Gasteiger charge is -2.25. The summed E-state index contributed by atoms with van der Waals surface area (Å²) in [6, 6.07) is 7.52. The third-order valence-electron chi connectivity index (χ3n) is 3.72. The highest BCUT2D eigenvalue weighted by atomic mass is 32.2. The molecule has 0 aliphatic carbocycles. The smallest absolute Gasteiger partial charge is 0.316 e. The molecule has 2 aliphatic heterocycles. The van der Waals surface area contributed by atoms with E-state index in [4.69, 9.17) is 9.47 Å². The molecule has 24 heavy (non-hydrogen) atoms. The number of nitrogens with zero attached hydrogens (tertiary/aromatic N) is 1. The summed E-state index contributed by atoms with van der Waals surface area (Å²) in [4.78, 5) is 23.3. The van der Waals surface area contributed by atoms with Crippen LogP contribution in [0.3, 0.4) is 0 Å². The summed E-state index contributed by atoms with van der Waals surface area (Å²) < 4.78 is 15.2. The highest BCUT2D eigenvalue weighted by molar-refractivity contribution is 8.03. The molecule has 124 valence electrons. The fraction of sp³-hybridized carbons (Fsp3) is 0.312. The van der Waals surface area contributed by atoms with E-state index in [1.165, 1.54) is 7.11 Å². The summed E-state index contributed by atoms with van der Waals surface area (Å²) in [6.45, 7) is 0.158. The second-order valence-electron chi connectivity index (χ2n) is 5.14. The molecule has 1 atom stereocenters. The van der Waals surface area contributed by atoms with E-state index in [9.17, 15) is 14.9 Å². The summed E-state index contributed by atoms with van der Waals surface area (Å²) in [5.41, 5.74) is 1.21. The van der Waals surface area contributed by atoms with Crippen LogP contribution in [-0.2, 0) is 14.3 Å². The molecular weight excluding hydrogens is 332 g/mol. The number of fused-ring (bicyclic) bond motifs is 1. The molecule has 1 amide bonds. The van der Waals surface area contributed by atoms with Gasteiger partial charge in [-0.25, -0.2) is 0 Å². The van der Waals surface area contributed by atoms with Gasteiger partial charge in [0, 0.05) is 12.3 Å². The number of benzene rings is 1. The predicted octanol–water partition coefficient (Wildman–Crippen LogP) is 1.66. The molecule has 0 bridgehead atoms. The van der Waals surface area contributed by atoms with Crippen LogP contribution in [0.15, 0.2) is 28.8 Å². The highest BCUT2D eigenvalue weighted by Crippen LogP contribution is 2.40. The Hall–Kier alpha value is -2.66. The Morgan fingerprint density at radius 3 is 3.00 bits per heavy atom. The van der Waals surface area contributed by atoms with Crippen LogP contribution >= 0.6 is 11.8 Å². The number of esters is 1. The van der Waals surface area contributed by atoms with E-state index in [2.05, 4.69) is 16.1 Å². The SMILES string of the molecule is COC(=O)CSC1=C(C#N)C(c2ccc3c(c2)OCO3)CC(=O)N1. The lowest BCUT2D eigenvalue weighted by molar-refractivity contribution is -0.137. The van der Waals surface area contributed by atoms with E-state index in [1.54, 1.807) is 12.1 Å². The van der Waals surface area contributed by atoms with Crippen molar-refractivity contribution >= 4 is 23.6 Å². The minimum absolute atomic E-state index is 0.0190. The van der Waals surface area contributed by atoms with Crippen molar-refractivity contribution in [3.8, 4) is 17.6 Å². The fourth-order valence-corrected chi connectivity index (χ4v) is 3.45. The van der Waals surface area contributed by atoms with Gasteiger partial charge in [-0.15, -0.1) is 0 Å². The van der Waals surface area contributed by atoms with Gasteiger partial charge in [0.1, 0.15) is 0 Å². The molecule has 0 radical (unpaired) electrons. The summed E-state index contributed by atoms with van der Waals surface area (Å²) in [5.74, 6) is 0.235. The van der Waals surface area contributed by atoms with Crippen LogP contribution in [0, 0.1) is 11.3 Å². The van der Waals surface area contributed by atoms with Crippen LogP contribution in [0.25, 0.3) is 0 Å². The molecule has 0 spiro atoms. The molecule has 3 rings (SSSR count). The third kappa shape index (κ3) is 3.16. The zero-order valence-corrected chi connectivity index (χ0v) is 13.6. The van der Waals surface area contributed by atoms with Gasteiger partial charge in [-0.2, -0.15) is 5.26 Å². The number of hydrogen-bond acceptors (Lipinski definition) is 7. The average Bonchev–Trinajstić information content (AvgIpc) is 3.06. The maximum absolute atomic E-state index is 12.0. The molecule has 0 fully saturated rings. The van der Waals surface area contributed by atoms with Gasteiger partial charge < -0.3 is 19.5 Å². The van der Waals surface area contributed by atoms with Gasteiger partial charge in [0.05, 0.1) is 29.5 Å². The maximum atomic E-state index is 12.0. The number of hydrogen-bond donors (Lipinski definition) is 1. The number of nitriles is 1. The van der Waals surface area contributed by atoms with Crippen molar-refractivity contribution in [3.05, 3.63) is 34.4 Å². The van der Waals surface area contributed by atoms with E-state index in [0.29, 0.717) is 22.1 Å². The summed E-state index contributed by atoms with van der Waals surface area (Å²) in [6.07, 6.45) is 0.158. The van der Waals surface area contributed by atoms with Crippen molar-refractivity contribution in [1.82, 2.24) is 5.32 Å². The number of nitrogens with one attached hydrogen (secondary N) is 1. The van der Waals surface area contributed by atoms with Gasteiger partial charge >= 0.3 is 5.97 Å². The average molecular weight is 346 g/mol. The predicted molar refractivity (Wildman–Crippen MR) is 85.2 cm³/mol. The van der Waals surface area contributed by atoms with Crippen molar-refractivity contribution < 1.29 is 23.8 Å². The molecule has 0 saturated heterocycles. The normalized spacial score (nSPS) is 18.8. The highest BCUT2D eigenvalue weighted by Gasteiger charge is 2.31. The zero-order valence-electron chi connectivity index (χ0n) is 12.8. The number of ether oxygens (including phenoxy) is 3. The molecule has 0 saturated carbocycles. The topological polar surface area (TPSA) is 97.7 Å². The molecule has 1 N–H and O–H groups in total. The van der Waals surface area contributed by atoms with E-state index in [1.807, 2.05) is 6.07 Å². The second kappa shape index (κ2) is 6.84. The molecule has 8 heteroatoms. The number of rotatable bonds is 4. The molecular formula is C16H14N2O5S. The standard InChI is InChI=1S/C16H14N2O5S/c1-21-15(20)7-24-16-11(6-17)10(5-14(19)18-16)9-2-3-12-13(4-9)23-8-22-12/h2-4,10H,5,7-8H2,1H3,(H,18,19). The third-order valence-corrected chi connectivity index (χ3v) is 4.71. The number of carbonyl (C=O) groups is 2. The molecule has 1 aromatic rings. The molecule has 7 nitrogen and oxygen atoms in total. The van der Waals surface area contributed by atoms with Crippen molar-refractivity contribution in [3.63, 3.8) is 0 Å². The first kappa shape index (κ1) is 16.2. The summed E-state index contributed by atoms with van der Waals surface area (Å²) >= 11 is 1.09. The van der Waals surface area contributed by atoms with Gasteiger partial charge in [-0.1, -0.05) is 17.8 Å². The number of amides is 1. The van der Waals surface area contributed by atoms with Gasteiger partial charge in [-0.3, -0.25) is 9.59 Å². The van der Waals surface area contributed by atoms with Gasteiger partial charge in [0.15, 0.2) is 11.5 Å². The van der Waals surface area contributed by atoms with Gasteiger partial charge in [-0.05, 0) is 17.7 Å². The molecule has 2 aliphatic rings. The Morgan fingerprint density at radius 2 is 2.25 bits per heavy atom. The fourth-order valence-electron chi connectivity index (χ4n) is 2.54. The maximum Gasteiger partial charge on any atom is 0.316 e. The number of carbonyl (C=O) groups excluding carboxylic acids is 2. The Morgan fingerprint density at radius 1 is 1.46 bits per heavy atom. The second-order valence-corrected chi connectivity index (χ2v) is 6.12. The zero-order chi connectivity index (χ0) is 17.1.